The normalized spacial score (nSPS) is 12.0. The number of alkyl halides is 3. The lowest BCUT2D eigenvalue weighted by molar-refractivity contribution is -0.151. The van der Waals surface area contributed by atoms with E-state index in [4.69, 9.17) is 0 Å². The average Bonchev–Trinajstić information content (AvgIpc) is 2.36. The van der Waals surface area contributed by atoms with Gasteiger partial charge in [-0.3, -0.25) is 9.88 Å². The third-order valence-corrected chi connectivity index (χ3v) is 2.72. The predicted molar refractivity (Wildman–Crippen MR) is 67.2 cm³/mol. The van der Waals surface area contributed by atoms with Crippen LogP contribution in [-0.4, -0.2) is 41.7 Å². The Hall–Kier alpha value is -1.63. The second-order valence-electron chi connectivity index (χ2n) is 4.64. The van der Waals surface area contributed by atoms with Gasteiger partial charge < -0.3 is 4.74 Å². The van der Waals surface area contributed by atoms with Gasteiger partial charge in [0.05, 0.1) is 24.9 Å². The molecule has 0 spiro atoms. The summed E-state index contributed by atoms with van der Waals surface area (Å²) in [5, 5.41) is 0. The first-order valence-corrected chi connectivity index (χ1v) is 6.07. The van der Waals surface area contributed by atoms with Crippen LogP contribution in [0.5, 0.6) is 0 Å². The van der Waals surface area contributed by atoms with Gasteiger partial charge in [0.1, 0.15) is 0 Å². The zero-order valence-corrected chi connectivity index (χ0v) is 11.6. The molecule has 0 atom stereocenters. The summed E-state index contributed by atoms with van der Waals surface area (Å²) < 4.78 is 41.9. The van der Waals surface area contributed by atoms with E-state index in [1.807, 2.05) is 0 Å². The van der Waals surface area contributed by atoms with E-state index in [0.29, 0.717) is 5.69 Å². The Morgan fingerprint density at radius 3 is 2.45 bits per heavy atom. The number of methoxy groups -OCH3 is 1. The van der Waals surface area contributed by atoms with Crippen molar-refractivity contribution < 1.29 is 22.7 Å². The summed E-state index contributed by atoms with van der Waals surface area (Å²) in [5.74, 6) is -0.528. The maximum atomic E-state index is 12.5. The molecule has 1 heterocycles. The van der Waals surface area contributed by atoms with E-state index in [1.54, 1.807) is 13.8 Å². The minimum Gasteiger partial charge on any atom is -0.465 e. The fraction of sp³-hybridized carbons (Fsp3) is 0.538. The zero-order chi connectivity index (χ0) is 15.3. The molecule has 20 heavy (non-hydrogen) atoms. The molecule has 112 valence electrons. The Bertz CT molecular complexity index is 444. The topological polar surface area (TPSA) is 42.4 Å². The van der Waals surface area contributed by atoms with Crippen LogP contribution in [0.15, 0.2) is 18.3 Å². The van der Waals surface area contributed by atoms with Gasteiger partial charge in [0, 0.05) is 18.8 Å². The zero-order valence-electron chi connectivity index (χ0n) is 11.6. The number of carbonyl (C=O) groups excluding carboxylic acids is 1. The monoisotopic (exact) mass is 290 g/mol. The highest BCUT2D eigenvalue weighted by molar-refractivity contribution is 5.88. The third kappa shape index (κ3) is 5.16. The van der Waals surface area contributed by atoms with E-state index >= 15 is 0 Å². The van der Waals surface area contributed by atoms with E-state index in [1.165, 1.54) is 30.3 Å². The highest BCUT2D eigenvalue weighted by atomic mass is 19.4. The van der Waals surface area contributed by atoms with Gasteiger partial charge in [-0.05, 0) is 26.0 Å². The molecular weight excluding hydrogens is 273 g/mol. The van der Waals surface area contributed by atoms with Crippen LogP contribution >= 0.6 is 0 Å². The molecule has 0 unspecified atom stereocenters. The number of halogens is 3. The molecule has 7 heteroatoms. The lowest BCUT2D eigenvalue weighted by atomic mass is 10.2. The molecule has 1 rings (SSSR count). The van der Waals surface area contributed by atoms with E-state index in [2.05, 4.69) is 9.72 Å². The number of ether oxygens (including phenoxy) is 1. The van der Waals surface area contributed by atoms with Crippen molar-refractivity contribution >= 4 is 5.97 Å². The predicted octanol–water partition coefficient (Wildman–Crippen LogP) is 2.64. The summed E-state index contributed by atoms with van der Waals surface area (Å²) in [6.07, 6.45) is -2.95. The minimum absolute atomic E-state index is 0.0681. The SMILES string of the molecule is COC(=O)c1ccc(CN(CC(F)(F)F)C(C)C)nc1. The molecular formula is C13H17F3N2O2. The van der Waals surface area contributed by atoms with Crippen molar-refractivity contribution in [1.29, 1.82) is 0 Å². The van der Waals surface area contributed by atoms with Crippen LogP contribution in [0.2, 0.25) is 0 Å². The molecule has 0 bridgehead atoms. The van der Waals surface area contributed by atoms with E-state index < -0.39 is 18.7 Å². The number of hydrogen-bond acceptors (Lipinski definition) is 4. The fourth-order valence-corrected chi connectivity index (χ4v) is 1.62. The highest BCUT2D eigenvalue weighted by Crippen LogP contribution is 2.19. The summed E-state index contributed by atoms with van der Waals surface area (Å²) in [5.41, 5.74) is 0.735. The minimum atomic E-state index is -4.25. The molecule has 0 amide bonds. The van der Waals surface area contributed by atoms with Crippen molar-refractivity contribution in [3.63, 3.8) is 0 Å². The summed E-state index contributed by atoms with van der Waals surface area (Å²) in [6, 6.07) is 2.75. The van der Waals surface area contributed by atoms with E-state index in [9.17, 15) is 18.0 Å². The molecule has 0 aliphatic carbocycles. The molecule has 0 N–H and O–H groups in total. The van der Waals surface area contributed by atoms with Crippen LogP contribution in [-0.2, 0) is 11.3 Å². The number of esters is 1. The van der Waals surface area contributed by atoms with Crippen molar-refractivity contribution in [2.75, 3.05) is 13.7 Å². The molecule has 0 aliphatic rings. The van der Waals surface area contributed by atoms with Crippen LogP contribution in [0, 0.1) is 0 Å². The first kappa shape index (κ1) is 16.4. The van der Waals surface area contributed by atoms with E-state index in [-0.39, 0.29) is 18.2 Å². The first-order chi connectivity index (χ1) is 9.23. The largest absolute Gasteiger partial charge is 0.465 e. The second-order valence-corrected chi connectivity index (χ2v) is 4.64. The highest BCUT2D eigenvalue weighted by Gasteiger charge is 2.31. The van der Waals surface area contributed by atoms with Crippen LogP contribution in [0.25, 0.3) is 0 Å². The smallest absolute Gasteiger partial charge is 0.401 e. The van der Waals surface area contributed by atoms with Crippen molar-refractivity contribution in [2.45, 2.75) is 32.6 Å². The average molecular weight is 290 g/mol. The lowest BCUT2D eigenvalue weighted by Gasteiger charge is -2.27. The number of carbonyl (C=O) groups is 1. The van der Waals surface area contributed by atoms with Crippen LogP contribution < -0.4 is 0 Å². The molecule has 0 saturated heterocycles. The number of hydrogen-bond donors (Lipinski definition) is 0. The lowest BCUT2D eigenvalue weighted by Crippen LogP contribution is -2.38. The van der Waals surface area contributed by atoms with Gasteiger partial charge in [0.2, 0.25) is 0 Å². The van der Waals surface area contributed by atoms with E-state index in [0.717, 1.165) is 0 Å². The first-order valence-electron chi connectivity index (χ1n) is 6.07. The van der Waals surface area contributed by atoms with Crippen LogP contribution in [0.4, 0.5) is 13.2 Å². The van der Waals surface area contributed by atoms with Crippen LogP contribution in [0.3, 0.4) is 0 Å². The fourth-order valence-electron chi connectivity index (χ4n) is 1.62. The Kier molecular flexibility index (Phi) is 5.50. The van der Waals surface area contributed by atoms with Gasteiger partial charge in [0.25, 0.3) is 0 Å². The molecule has 0 aliphatic heterocycles. The summed E-state index contributed by atoms with van der Waals surface area (Å²) in [4.78, 5) is 16.5. The van der Waals surface area contributed by atoms with Gasteiger partial charge in [-0.1, -0.05) is 0 Å². The van der Waals surface area contributed by atoms with Gasteiger partial charge in [-0.25, -0.2) is 4.79 Å². The molecule has 1 aromatic heterocycles. The summed E-state index contributed by atoms with van der Waals surface area (Å²) >= 11 is 0. The summed E-state index contributed by atoms with van der Waals surface area (Å²) in [7, 11) is 1.25. The van der Waals surface area contributed by atoms with Crippen molar-refractivity contribution in [3.05, 3.63) is 29.6 Å². The Balaban J connectivity index is 2.77. The standard InChI is InChI=1S/C13H17F3N2O2/c1-9(2)18(8-13(14,15)16)7-11-5-4-10(6-17-11)12(19)20-3/h4-6,9H,7-8H2,1-3H3. The number of aromatic nitrogens is 1. The third-order valence-electron chi connectivity index (χ3n) is 2.72. The summed E-state index contributed by atoms with van der Waals surface area (Å²) in [6.45, 7) is 2.45. The quantitative estimate of drug-likeness (QED) is 0.782. The Morgan fingerprint density at radius 2 is 2.05 bits per heavy atom. The number of rotatable bonds is 5. The molecule has 0 fully saturated rings. The number of pyridine rings is 1. The molecule has 1 aromatic rings. The van der Waals surface area contributed by atoms with Gasteiger partial charge in [-0.15, -0.1) is 0 Å². The molecule has 0 aromatic carbocycles. The second kappa shape index (κ2) is 6.69. The molecule has 4 nitrogen and oxygen atoms in total. The van der Waals surface area contributed by atoms with Crippen molar-refractivity contribution in [1.82, 2.24) is 9.88 Å². The van der Waals surface area contributed by atoms with Crippen LogP contribution in [0.1, 0.15) is 29.9 Å². The maximum Gasteiger partial charge on any atom is 0.401 e. The Morgan fingerprint density at radius 1 is 1.40 bits per heavy atom. The maximum absolute atomic E-state index is 12.5. The van der Waals surface area contributed by atoms with Crippen molar-refractivity contribution in [2.24, 2.45) is 0 Å². The Labute approximate surface area is 115 Å². The van der Waals surface area contributed by atoms with Gasteiger partial charge in [-0.2, -0.15) is 13.2 Å². The number of nitrogens with zero attached hydrogens (tertiary/aromatic N) is 2. The van der Waals surface area contributed by atoms with Gasteiger partial charge in [0.15, 0.2) is 0 Å². The molecule has 0 saturated carbocycles. The molecule has 0 radical (unpaired) electrons. The van der Waals surface area contributed by atoms with Gasteiger partial charge >= 0.3 is 12.1 Å². The van der Waals surface area contributed by atoms with Crippen molar-refractivity contribution in [3.8, 4) is 0 Å².